The van der Waals surface area contributed by atoms with Crippen molar-refractivity contribution < 1.29 is 4.79 Å². The summed E-state index contributed by atoms with van der Waals surface area (Å²) in [6.07, 6.45) is 7.28. The Balaban J connectivity index is 1.21. The Hall–Kier alpha value is -2.60. The number of amides is 1. The van der Waals surface area contributed by atoms with Gasteiger partial charge in [-0.15, -0.1) is 10.2 Å². The lowest BCUT2D eigenvalue weighted by atomic mass is 9.49. The van der Waals surface area contributed by atoms with E-state index in [-0.39, 0.29) is 16.6 Å². The summed E-state index contributed by atoms with van der Waals surface area (Å²) in [5.41, 5.74) is 2.33. The van der Waals surface area contributed by atoms with Gasteiger partial charge < -0.3 is 9.88 Å². The number of carbonyl (C=O) groups is 1. The minimum Gasteiger partial charge on any atom is -0.348 e. The first-order chi connectivity index (χ1) is 17.1. The highest BCUT2D eigenvalue weighted by atomic mass is 32.2. The van der Waals surface area contributed by atoms with Gasteiger partial charge in [-0.25, -0.2) is 0 Å². The van der Waals surface area contributed by atoms with Crippen LogP contribution in [0.25, 0.3) is 0 Å². The molecule has 4 aliphatic carbocycles. The Morgan fingerprint density at radius 3 is 2.20 bits per heavy atom. The molecule has 35 heavy (non-hydrogen) atoms. The fourth-order valence-electron chi connectivity index (χ4n) is 7.15. The van der Waals surface area contributed by atoms with Gasteiger partial charge in [-0.1, -0.05) is 72.4 Å². The van der Waals surface area contributed by atoms with Crippen molar-refractivity contribution in [2.75, 3.05) is 0 Å². The molecule has 7 rings (SSSR count). The molecular formula is C29H34N4OS. The molecule has 6 heteroatoms. The fourth-order valence-corrected chi connectivity index (χ4v) is 8.14. The van der Waals surface area contributed by atoms with E-state index >= 15 is 0 Å². The molecule has 1 aromatic heterocycles. The third-order valence-electron chi connectivity index (χ3n) is 8.46. The molecule has 2 aromatic carbocycles. The molecule has 5 nitrogen and oxygen atoms in total. The van der Waals surface area contributed by atoms with Crippen LogP contribution in [0.5, 0.6) is 0 Å². The second-order valence-corrected chi connectivity index (χ2v) is 12.3. The maximum absolute atomic E-state index is 13.5. The van der Waals surface area contributed by atoms with Crippen LogP contribution in [0.4, 0.5) is 0 Å². The lowest BCUT2D eigenvalue weighted by molar-refractivity contribution is -0.146. The minimum atomic E-state index is -0.140. The number of carbonyl (C=O) groups excluding carboxylic acids is 1. The first-order valence-electron chi connectivity index (χ1n) is 13.0. The number of nitrogens with one attached hydrogen (secondary N) is 1. The van der Waals surface area contributed by atoms with Crippen LogP contribution in [0.3, 0.4) is 0 Å². The number of nitrogens with zero attached hydrogens (tertiary/aromatic N) is 3. The number of hydrogen-bond donors (Lipinski definition) is 1. The first kappa shape index (κ1) is 22.8. The largest absolute Gasteiger partial charge is 0.348 e. The number of thioether (sulfide) groups is 1. The minimum absolute atomic E-state index is 0.140. The predicted octanol–water partition coefficient (Wildman–Crippen LogP) is 6.01. The van der Waals surface area contributed by atoms with Gasteiger partial charge in [-0.3, -0.25) is 4.79 Å². The number of hydrogen-bond acceptors (Lipinski definition) is 4. The topological polar surface area (TPSA) is 59.8 Å². The Kier molecular flexibility index (Phi) is 6.17. The van der Waals surface area contributed by atoms with Gasteiger partial charge in [-0.05, 0) is 74.3 Å². The highest BCUT2D eigenvalue weighted by molar-refractivity contribution is 7.99. The summed E-state index contributed by atoms with van der Waals surface area (Å²) < 4.78 is 2.18. The van der Waals surface area contributed by atoms with Crippen molar-refractivity contribution in [2.45, 2.75) is 68.9 Å². The Morgan fingerprint density at radius 1 is 0.971 bits per heavy atom. The van der Waals surface area contributed by atoms with E-state index in [0.29, 0.717) is 13.1 Å². The molecule has 0 saturated heterocycles. The van der Waals surface area contributed by atoms with Crippen LogP contribution < -0.4 is 5.32 Å². The van der Waals surface area contributed by atoms with E-state index in [0.717, 1.165) is 48.0 Å². The summed E-state index contributed by atoms with van der Waals surface area (Å²) >= 11 is 1.72. The highest BCUT2D eigenvalue weighted by Gasteiger charge is 2.54. The van der Waals surface area contributed by atoms with Crippen LogP contribution in [0.15, 0.2) is 65.8 Å². The van der Waals surface area contributed by atoms with Crippen molar-refractivity contribution in [3.05, 3.63) is 77.6 Å². The Morgan fingerprint density at radius 2 is 1.57 bits per heavy atom. The van der Waals surface area contributed by atoms with Crippen molar-refractivity contribution in [1.82, 2.24) is 20.1 Å². The van der Waals surface area contributed by atoms with Gasteiger partial charge in [0.25, 0.3) is 0 Å². The molecular weight excluding hydrogens is 452 g/mol. The van der Waals surface area contributed by atoms with Crippen LogP contribution in [-0.4, -0.2) is 20.7 Å². The van der Waals surface area contributed by atoms with Crippen molar-refractivity contribution in [3.8, 4) is 0 Å². The molecule has 4 aliphatic rings. The summed E-state index contributed by atoms with van der Waals surface area (Å²) in [7, 11) is 0. The van der Waals surface area contributed by atoms with Gasteiger partial charge in [0.15, 0.2) is 11.0 Å². The van der Waals surface area contributed by atoms with Crippen molar-refractivity contribution in [1.29, 1.82) is 0 Å². The third kappa shape index (κ3) is 4.65. The van der Waals surface area contributed by atoms with Crippen molar-refractivity contribution in [3.63, 3.8) is 0 Å². The SMILES string of the molecule is CC(Sc1nnc(CNC(=O)C23CC4CC(CC(C4)C2)C3)n1Cc1ccccc1)c1ccccc1. The Labute approximate surface area is 212 Å². The maximum atomic E-state index is 13.5. The van der Waals surface area contributed by atoms with E-state index in [1.54, 1.807) is 11.8 Å². The zero-order valence-electron chi connectivity index (χ0n) is 20.4. The Bertz CT molecular complexity index is 1140. The zero-order valence-corrected chi connectivity index (χ0v) is 21.2. The van der Waals surface area contributed by atoms with E-state index in [1.165, 1.54) is 30.4 Å². The summed E-state index contributed by atoms with van der Waals surface area (Å²) in [6, 6.07) is 20.9. The highest BCUT2D eigenvalue weighted by Crippen LogP contribution is 2.60. The van der Waals surface area contributed by atoms with Crippen LogP contribution in [-0.2, 0) is 17.9 Å². The van der Waals surface area contributed by atoms with Crippen LogP contribution in [0.2, 0.25) is 0 Å². The van der Waals surface area contributed by atoms with Gasteiger partial charge in [0.2, 0.25) is 5.91 Å². The van der Waals surface area contributed by atoms with Gasteiger partial charge in [0, 0.05) is 10.7 Å². The summed E-state index contributed by atoms with van der Waals surface area (Å²) in [5.74, 6) is 3.36. The van der Waals surface area contributed by atoms with E-state index < -0.39 is 0 Å². The van der Waals surface area contributed by atoms with E-state index in [4.69, 9.17) is 0 Å². The molecule has 0 radical (unpaired) electrons. The average molecular weight is 487 g/mol. The van der Waals surface area contributed by atoms with Gasteiger partial charge in [0.1, 0.15) is 0 Å². The number of aromatic nitrogens is 3. The van der Waals surface area contributed by atoms with E-state index in [1.807, 2.05) is 12.1 Å². The summed E-state index contributed by atoms with van der Waals surface area (Å²) in [4.78, 5) is 13.5. The second kappa shape index (κ2) is 9.45. The molecule has 1 amide bonds. The second-order valence-electron chi connectivity index (χ2n) is 11.0. The molecule has 4 fully saturated rings. The van der Waals surface area contributed by atoms with Gasteiger partial charge in [-0.2, -0.15) is 0 Å². The van der Waals surface area contributed by atoms with E-state index in [2.05, 4.69) is 75.5 Å². The summed E-state index contributed by atoms with van der Waals surface area (Å²) in [5, 5.41) is 13.6. The normalized spacial score (nSPS) is 27.6. The quantitative estimate of drug-likeness (QED) is 0.396. The van der Waals surface area contributed by atoms with Gasteiger partial charge >= 0.3 is 0 Å². The lowest BCUT2D eigenvalue weighted by Gasteiger charge is -2.55. The summed E-state index contributed by atoms with van der Waals surface area (Å²) in [6.45, 7) is 3.33. The third-order valence-corrected chi connectivity index (χ3v) is 9.59. The monoisotopic (exact) mass is 486 g/mol. The molecule has 3 aromatic rings. The molecule has 0 spiro atoms. The lowest BCUT2D eigenvalue weighted by Crippen LogP contribution is -2.53. The number of benzene rings is 2. The van der Waals surface area contributed by atoms with E-state index in [9.17, 15) is 4.79 Å². The van der Waals surface area contributed by atoms with Crippen molar-refractivity contribution >= 4 is 17.7 Å². The molecule has 182 valence electrons. The molecule has 1 unspecified atom stereocenters. The fraction of sp³-hybridized carbons (Fsp3) is 0.483. The molecule has 1 N–H and O–H groups in total. The standard InChI is InChI=1S/C29H34N4OS/c1-20(25-10-6-3-7-11-25)35-28-32-31-26(33(28)19-21-8-4-2-5-9-21)18-30-27(34)29-15-22-12-23(16-29)14-24(13-22)17-29/h2-11,20,22-24H,12-19H2,1H3,(H,30,34). The molecule has 1 atom stereocenters. The van der Waals surface area contributed by atoms with Crippen LogP contribution in [0, 0.1) is 23.2 Å². The number of rotatable bonds is 8. The molecule has 4 saturated carbocycles. The average Bonchev–Trinajstić information content (AvgIpc) is 3.23. The predicted molar refractivity (Wildman–Crippen MR) is 139 cm³/mol. The van der Waals surface area contributed by atoms with Gasteiger partial charge in [0.05, 0.1) is 13.1 Å². The maximum Gasteiger partial charge on any atom is 0.226 e. The molecule has 4 bridgehead atoms. The molecule has 0 aliphatic heterocycles. The van der Waals surface area contributed by atoms with Crippen molar-refractivity contribution in [2.24, 2.45) is 23.2 Å². The molecule has 1 heterocycles. The van der Waals surface area contributed by atoms with Crippen LogP contribution in [0.1, 0.15) is 67.6 Å². The smallest absolute Gasteiger partial charge is 0.226 e. The van der Waals surface area contributed by atoms with Crippen LogP contribution >= 0.6 is 11.8 Å². The first-order valence-corrected chi connectivity index (χ1v) is 13.9. The zero-order chi connectivity index (χ0) is 23.8.